The zero-order valence-electron chi connectivity index (χ0n) is 13.8. The van der Waals surface area contributed by atoms with Crippen LogP contribution in [-0.2, 0) is 16.0 Å². The predicted octanol–water partition coefficient (Wildman–Crippen LogP) is 3.98. The third kappa shape index (κ3) is 5.29. The Balaban J connectivity index is 0.00000242. The first-order valence-corrected chi connectivity index (χ1v) is 7.93. The maximum atomic E-state index is 12.0. The molecule has 1 atom stereocenters. The molecular formula is C18H28ClNO2. The molecule has 0 radical (unpaired) electrons. The Morgan fingerprint density at radius 2 is 1.86 bits per heavy atom. The van der Waals surface area contributed by atoms with Crippen LogP contribution < -0.4 is 5.73 Å². The Labute approximate surface area is 140 Å². The largest absolute Gasteiger partial charge is 0.459 e. The van der Waals surface area contributed by atoms with Crippen LogP contribution in [0.25, 0.3) is 0 Å². The molecule has 0 amide bonds. The summed E-state index contributed by atoms with van der Waals surface area (Å²) < 4.78 is 5.37. The van der Waals surface area contributed by atoms with Gasteiger partial charge in [0, 0.05) is 0 Å². The minimum atomic E-state index is -0.591. The van der Waals surface area contributed by atoms with Crippen molar-refractivity contribution in [1.82, 2.24) is 0 Å². The SMILES string of the molecule is CC(C)(C)OC(=O)[C@@H](N)Cc1ccccc1C1CCCC1.Cl. The summed E-state index contributed by atoms with van der Waals surface area (Å²) in [6, 6.07) is 7.79. The van der Waals surface area contributed by atoms with Crippen molar-refractivity contribution in [2.24, 2.45) is 5.73 Å². The molecule has 0 saturated heterocycles. The summed E-state index contributed by atoms with van der Waals surface area (Å²) in [5, 5.41) is 0. The molecule has 0 heterocycles. The van der Waals surface area contributed by atoms with Crippen molar-refractivity contribution < 1.29 is 9.53 Å². The number of carbonyl (C=O) groups excluding carboxylic acids is 1. The molecular weight excluding hydrogens is 298 g/mol. The van der Waals surface area contributed by atoms with Crippen molar-refractivity contribution in [2.45, 2.75) is 70.4 Å². The van der Waals surface area contributed by atoms with Gasteiger partial charge in [-0.05, 0) is 57.1 Å². The summed E-state index contributed by atoms with van der Waals surface area (Å²) in [5.41, 5.74) is 8.13. The summed E-state index contributed by atoms with van der Waals surface area (Å²) >= 11 is 0. The standard InChI is InChI=1S/C18H27NO2.ClH/c1-18(2,3)21-17(20)16(19)12-14-10-6-7-11-15(14)13-8-4-5-9-13;/h6-7,10-11,13,16H,4-5,8-9,12,19H2,1-3H3;1H/t16-;/m0./s1. The van der Waals surface area contributed by atoms with Crippen molar-refractivity contribution in [3.8, 4) is 0 Å². The monoisotopic (exact) mass is 325 g/mol. The normalized spacial score (nSPS) is 16.9. The Kier molecular flexibility index (Phi) is 6.89. The van der Waals surface area contributed by atoms with Gasteiger partial charge in [-0.25, -0.2) is 0 Å². The van der Waals surface area contributed by atoms with Crippen LogP contribution in [0.2, 0.25) is 0 Å². The summed E-state index contributed by atoms with van der Waals surface area (Å²) in [6.45, 7) is 5.60. The van der Waals surface area contributed by atoms with Gasteiger partial charge in [-0.15, -0.1) is 12.4 Å². The lowest BCUT2D eigenvalue weighted by Crippen LogP contribution is -2.39. The third-order valence-corrected chi connectivity index (χ3v) is 4.00. The highest BCUT2D eigenvalue weighted by Gasteiger charge is 2.25. The first-order valence-electron chi connectivity index (χ1n) is 7.93. The smallest absolute Gasteiger partial charge is 0.323 e. The molecule has 1 aromatic carbocycles. The topological polar surface area (TPSA) is 52.3 Å². The molecule has 2 rings (SSSR count). The first kappa shape index (κ1) is 19.0. The van der Waals surface area contributed by atoms with Crippen LogP contribution in [0.4, 0.5) is 0 Å². The van der Waals surface area contributed by atoms with Crippen LogP contribution in [-0.4, -0.2) is 17.6 Å². The number of benzene rings is 1. The number of esters is 1. The maximum Gasteiger partial charge on any atom is 0.323 e. The average Bonchev–Trinajstić information content (AvgIpc) is 2.91. The molecule has 0 bridgehead atoms. The van der Waals surface area contributed by atoms with E-state index >= 15 is 0 Å². The van der Waals surface area contributed by atoms with Crippen LogP contribution in [0.15, 0.2) is 24.3 Å². The fourth-order valence-electron chi connectivity index (χ4n) is 3.05. The molecule has 0 spiro atoms. The third-order valence-electron chi connectivity index (χ3n) is 4.00. The molecule has 0 aromatic heterocycles. The zero-order valence-corrected chi connectivity index (χ0v) is 14.6. The van der Waals surface area contributed by atoms with Gasteiger partial charge in [0.15, 0.2) is 0 Å². The molecule has 124 valence electrons. The van der Waals surface area contributed by atoms with Crippen molar-refractivity contribution in [3.63, 3.8) is 0 Å². The van der Waals surface area contributed by atoms with Crippen LogP contribution in [0.3, 0.4) is 0 Å². The molecule has 1 fully saturated rings. The molecule has 4 heteroatoms. The zero-order chi connectivity index (χ0) is 15.5. The van der Waals surface area contributed by atoms with E-state index < -0.39 is 11.6 Å². The van der Waals surface area contributed by atoms with Gasteiger partial charge in [0.05, 0.1) is 0 Å². The highest BCUT2D eigenvalue weighted by Crippen LogP contribution is 2.36. The van der Waals surface area contributed by atoms with Crippen LogP contribution in [0.5, 0.6) is 0 Å². The first-order chi connectivity index (χ1) is 9.87. The van der Waals surface area contributed by atoms with Crippen molar-refractivity contribution in [2.75, 3.05) is 0 Å². The number of hydrogen-bond donors (Lipinski definition) is 1. The maximum absolute atomic E-state index is 12.0. The molecule has 0 aliphatic heterocycles. The van der Waals surface area contributed by atoms with Gasteiger partial charge in [-0.3, -0.25) is 4.79 Å². The van der Waals surface area contributed by atoms with Crippen molar-refractivity contribution in [3.05, 3.63) is 35.4 Å². The van der Waals surface area contributed by atoms with E-state index in [2.05, 4.69) is 18.2 Å². The lowest BCUT2D eigenvalue weighted by atomic mass is 9.90. The number of halogens is 1. The number of carbonyl (C=O) groups is 1. The van der Waals surface area contributed by atoms with E-state index in [-0.39, 0.29) is 18.4 Å². The summed E-state index contributed by atoms with van der Waals surface area (Å²) in [4.78, 5) is 12.0. The molecule has 1 saturated carbocycles. The molecule has 1 aliphatic rings. The fraction of sp³-hybridized carbons (Fsp3) is 0.611. The minimum absolute atomic E-state index is 0. The van der Waals surface area contributed by atoms with E-state index in [1.54, 1.807) is 0 Å². The summed E-state index contributed by atoms with van der Waals surface area (Å²) in [7, 11) is 0. The van der Waals surface area contributed by atoms with E-state index in [0.717, 1.165) is 0 Å². The van der Waals surface area contributed by atoms with E-state index in [0.29, 0.717) is 12.3 Å². The van der Waals surface area contributed by atoms with E-state index in [9.17, 15) is 4.79 Å². The molecule has 1 aromatic rings. The predicted molar refractivity (Wildman–Crippen MR) is 92.4 cm³/mol. The Morgan fingerprint density at radius 3 is 2.45 bits per heavy atom. The molecule has 0 unspecified atom stereocenters. The van der Waals surface area contributed by atoms with E-state index in [1.807, 2.05) is 26.8 Å². The second-order valence-electron chi connectivity index (χ2n) is 7.02. The van der Waals surface area contributed by atoms with E-state index in [4.69, 9.17) is 10.5 Å². The number of ether oxygens (including phenoxy) is 1. The highest BCUT2D eigenvalue weighted by atomic mass is 35.5. The summed E-state index contributed by atoms with van der Waals surface area (Å²) in [5.74, 6) is 0.316. The fourth-order valence-corrected chi connectivity index (χ4v) is 3.05. The van der Waals surface area contributed by atoms with Crippen molar-refractivity contribution >= 4 is 18.4 Å². The minimum Gasteiger partial charge on any atom is -0.459 e. The average molecular weight is 326 g/mol. The van der Waals surface area contributed by atoms with E-state index in [1.165, 1.54) is 36.8 Å². The Morgan fingerprint density at radius 1 is 1.27 bits per heavy atom. The van der Waals surface area contributed by atoms with Crippen LogP contribution in [0, 0.1) is 0 Å². The quantitative estimate of drug-likeness (QED) is 0.852. The molecule has 2 N–H and O–H groups in total. The number of nitrogens with two attached hydrogens (primary N) is 1. The van der Waals surface area contributed by atoms with Gasteiger partial charge >= 0.3 is 5.97 Å². The van der Waals surface area contributed by atoms with Gasteiger partial charge in [0.2, 0.25) is 0 Å². The lowest BCUT2D eigenvalue weighted by molar-refractivity contribution is -0.156. The van der Waals surface area contributed by atoms with Crippen molar-refractivity contribution in [1.29, 1.82) is 0 Å². The summed E-state index contributed by atoms with van der Waals surface area (Å²) in [6.07, 6.45) is 5.66. The Bertz CT molecular complexity index is 490. The van der Waals surface area contributed by atoms with Crippen LogP contribution >= 0.6 is 12.4 Å². The van der Waals surface area contributed by atoms with Gasteiger partial charge in [-0.2, -0.15) is 0 Å². The number of hydrogen-bond acceptors (Lipinski definition) is 3. The molecule has 1 aliphatic carbocycles. The number of rotatable bonds is 4. The molecule has 22 heavy (non-hydrogen) atoms. The van der Waals surface area contributed by atoms with Gasteiger partial charge < -0.3 is 10.5 Å². The van der Waals surface area contributed by atoms with Gasteiger partial charge in [-0.1, -0.05) is 37.1 Å². The van der Waals surface area contributed by atoms with Crippen LogP contribution in [0.1, 0.15) is 63.5 Å². The molecule has 3 nitrogen and oxygen atoms in total. The highest BCUT2D eigenvalue weighted by molar-refractivity contribution is 5.85. The van der Waals surface area contributed by atoms with Gasteiger partial charge in [0.1, 0.15) is 11.6 Å². The Hall–Kier alpha value is -1.06. The second-order valence-corrected chi connectivity index (χ2v) is 7.02. The lowest BCUT2D eigenvalue weighted by Gasteiger charge is -2.23. The second kappa shape index (κ2) is 7.98. The van der Waals surface area contributed by atoms with Gasteiger partial charge in [0.25, 0.3) is 0 Å².